The summed E-state index contributed by atoms with van der Waals surface area (Å²) in [7, 11) is 0. The molecule has 3 atom stereocenters. The largest absolute Gasteiger partial charge is 0.313 e. The monoisotopic (exact) mass is 237 g/mol. The van der Waals surface area contributed by atoms with Crippen molar-refractivity contribution in [3.8, 4) is 0 Å². The molecule has 0 aliphatic heterocycles. The molecule has 2 aliphatic carbocycles. The summed E-state index contributed by atoms with van der Waals surface area (Å²) in [6, 6.07) is 0.794. The van der Waals surface area contributed by atoms with E-state index in [1.165, 1.54) is 45.1 Å². The minimum absolute atomic E-state index is 0.697. The van der Waals surface area contributed by atoms with E-state index in [-0.39, 0.29) is 0 Å². The smallest absolute Gasteiger partial charge is 0.0100 e. The molecule has 0 aromatic heterocycles. The third kappa shape index (κ3) is 3.24. The van der Waals surface area contributed by atoms with Crippen LogP contribution in [0.1, 0.15) is 66.2 Å². The molecule has 17 heavy (non-hydrogen) atoms. The summed E-state index contributed by atoms with van der Waals surface area (Å²) in [4.78, 5) is 0. The third-order valence-corrected chi connectivity index (χ3v) is 5.47. The molecule has 0 spiro atoms. The van der Waals surface area contributed by atoms with Crippen molar-refractivity contribution < 1.29 is 0 Å². The molecule has 0 amide bonds. The highest BCUT2D eigenvalue weighted by Gasteiger charge is 2.41. The quantitative estimate of drug-likeness (QED) is 0.754. The fourth-order valence-corrected chi connectivity index (χ4v) is 3.62. The zero-order chi connectivity index (χ0) is 12.5. The van der Waals surface area contributed by atoms with Gasteiger partial charge in [0, 0.05) is 12.6 Å². The first-order valence-corrected chi connectivity index (χ1v) is 7.80. The van der Waals surface area contributed by atoms with E-state index in [9.17, 15) is 0 Å². The van der Waals surface area contributed by atoms with E-state index in [1.807, 2.05) is 0 Å². The summed E-state index contributed by atoms with van der Waals surface area (Å²) in [5, 5.41) is 3.94. The van der Waals surface area contributed by atoms with E-state index < -0.39 is 0 Å². The molecular formula is C16H31N. The van der Waals surface area contributed by atoms with Gasteiger partial charge in [-0.15, -0.1) is 0 Å². The standard InChI is InChI=1S/C16H31N/c1-5-16(8-9-16)11-17-15-10-13(4)6-7-14(15)12(2)3/h12-15,17H,5-11H2,1-4H3. The molecule has 2 aliphatic rings. The van der Waals surface area contributed by atoms with Gasteiger partial charge in [-0.1, -0.05) is 34.1 Å². The van der Waals surface area contributed by atoms with Crippen LogP contribution in [0.4, 0.5) is 0 Å². The highest BCUT2D eigenvalue weighted by molar-refractivity contribution is 4.96. The van der Waals surface area contributed by atoms with Crippen molar-refractivity contribution in [1.29, 1.82) is 0 Å². The topological polar surface area (TPSA) is 12.0 Å². The van der Waals surface area contributed by atoms with Crippen LogP contribution < -0.4 is 5.32 Å². The molecule has 2 rings (SSSR count). The van der Waals surface area contributed by atoms with Gasteiger partial charge in [0.05, 0.1) is 0 Å². The molecule has 100 valence electrons. The van der Waals surface area contributed by atoms with Gasteiger partial charge < -0.3 is 5.32 Å². The van der Waals surface area contributed by atoms with E-state index in [0.29, 0.717) is 5.41 Å². The molecule has 0 radical (unpaired) electrons. The van der Waals surface area contributed by atoms with Crippen molar-refractivity contribution in [3.05, 3.63) is 0 Å². The van der Waals surface area contributed by atoms with Gasteiger partial charge in [0.15, 0.2) is 0 Å². The Morgan fingerprint density at radius 2 is 1.94 bits per heavy atom. The number of nitrogens with one attached hydrogen (secondary N) is 1. The second-order valence-corrected chi connectivity index (χ2v) is 7.17. The van der Waals surface area contributed by atoms with Gasteiger partial charge in [0.1, 0.15) is 0 Å². The van der Waals surface area contributed by atoms with Crippen LogP contribution in [0.2, 0.25) is 0 Å². The number of hydrogen-bond acceptors (Lipinski definition) is 1. The highest BCUT2D eigenvalue weighted by Crippen LogP contribution is 2.48. The zero-order valence-corrected chi connectivity index (χ0v) is 12.3. The Hall–Kier alpha value is -0.0400. The van der Waals surface area contributed by atoms with Crippen molar-refractivity contribution in [2.75, 3.05) is 6.54 Å². The zero-order valence-electron chi connectivity index (χ0n) is 12.3. The van der Waals surface area contributed by atoms with Crippen molar-refractivity contribution in [1.82, 2.24) is 5.32 Å². The van der Waals surface area contributed by atoms with Crippen LogP contribution in [0.25, 0.3) is 0 Å². The average Bonchev–Trinajstić information content (AvgIpc) is 3.07. The van der Waals surface area contributed by atoms with Crippen LogP contribution in [0, 0.1) is 23.2 Å². The molecule has 2 saturated carbocycles. The molecule has 1 nitrogen and oxygen atoms in total. The molecule has 1 heteroatoms. The summed E-state index contributed by atoms with van der Waals surface area (Å²) in [6.07, 6.45) is 8.59. The average molecular weight is 237 g/mol. The molecule has 0 aromatic carbocycles. The summed E-state index contributed by atoms with van der Waals surface area (Å²) in [5.74, 6) is 2.69. The van der Waals surface area contributed by atoms with E-state index in [1.54, 1.807) is 0 Å². The molecule has 0 aromatic rings. The van der Waals surface area contributed by atoms with Crippen LogP contribution in [-0.2, 0) is 0 Å². The van der Waals surface area contributed by atoms with E-state index in [0.717, 1.165) is 23.8 Å². The highest BCUT2D eigenvalue weighted by atomic mass is 14.9. The van der Waals surface area contributed by atoms with Crippen molar-refractivity contribution >= 4 is 0 Å². The van der Waals surface area contributed by atoms with Gasteiger partial charge >= 0.3 is 0 Å². The Balaban J connectivity index is 1.86. The maximum Gasteiger partial charge on any atom is 0.0100 e. The minimum atomic E-state index is 0.697. The van der Waals surface area contributed by atoms with E-state index in [4.69, 9.17) is 0 Å². The Morgan fingerprint density at radius 3 is 2.47 bits per heavy atom. The molecule has 1 N–H and O–H groups in total. The first kappa shape index (κ1) is 13.4. The van der Waals surface area contributed by atoms with Crippen molar-refractivity contribution in [2.24, 2.45) is 23.2 Å². The van der Waals surface area contributed by atoms with Gasteiger partial charge in [0.25, 0.3) is 0 Å². The van der Waals surface area contributed by atoms with Crippen LogP contribution in [-0.4, -0.2) is 12.6 Å². The predicted octanol–water partition coefficient (Wildman–Crippen LogP) is 4.23. The molecule has 3 unspecified atom stereocenters. The lowest BCUT2D eigenvalue weighted by atomic mass is 9.74. The molecule has 0 bridgehead atoms. The predicted molar refractivity (Wildman–Crippen MR) is 75.1 cm³/mol. The van der Waals surface area contributed by atoms with Gasteiger partial charge in [-0.05, 0) is 55.3 Å². The van der Waals surface area contributed by atoms with E-state index >= 15 is 0 Å². The fraction of sp³-hybridized carbons (Fsp3) is 1.00. The van der Waals surface area contributed by atoms with Crippen LogP contribution in [0.3, 0.4) is 0 Å². The fourth-order valence-electron chi connectivity index (χ4n) is 3.62. The lowest BCUT2D eigenvalue weighted by Gasteiger charge is -2.38. The van der Waals surface area contributed by atoms with Gasteiger partial charge in [-0.25, -0.2) is 0 Å². The van der Waals surface area contributed by atoms with Crippen LogP contribution in [0.15, 0.2) is 0 Å². The number of hydrogen-bond donors (Lipinski definition) is 1. The molecular weight excluding hydrogens is 206 g/mol. The van der Waals surface area contributed by atoms with Crippen LogP contribution in [0.5, 0.6) is 0 Å². The molecule has 0 saturated heterocycles. The second-order valence-electron chi connectivity index (χ2n) is 7.17. The maximum atomic E-state index is 3.94. The van der Waals surface area contributed by atoms with Crippen LogP contribution >= 0.6 is 0 Å². The van der Waals surface area contributed by atoms with Gasteiger partial charge in [-0.2, -0.15) is 0 Å². The third-order valence-electron chi connectivity index (χ3n) is 5.47. The normalized spacial score (nSPS) is 36.2. The first-order valence-electron chi connectivity index (χ1n) is 7.80. The lowest BCUT2D eigenvalue weighted by molar-refractivity contribution is 0.163. The lowest BCUT2D eigenvalue weighted by Crippen LogP contribution is -2.44. The Morgan fingerprint density at radius 1 is 1.24 bits per heavy atom. The Kier molecular flexibility index (Phi) is 4.18. The van der Waals surface area contributed by atoms with Gasteiger partial charge in [-0.3, -0.25) is 0 Å². The SMILES string of the molecule is CCC1(CNC2CC(C)CCC2C(C)C)CC1. The van der Waals surface area contributed by atoms with E-state index in [2.05, 4.69) is 33.0 Å². The summed E-state index contributed by atoms with van der Waals surface area (Å²) in [5.41, 5.74) is 0.697. The first-order chi connectivity index (χ1) is 8.06. The van der Waals surface area contributed by atoms with Gasteiger partial charge in [0.2, 0.25) is 0 Å². The summed E-state index contributed by atoms with van der Waals surface area (Å²) in [6.45, 7) is 10.9. The maximum absolute atomic E-state index is 3.94. The van der Waals surface area contributed by atoms with Crippen molar-refractivity contribution in [3.63, 3.8) is 0 Å². The summed E-state index contributed by atoms with van der Waals surface area (Å²) >= 11 is 0. The number of rotatable bonds is 5. The molecule has 2 fully saturated rings. The minimum Gasteiger partial charge on any atom is -0.313 e. The Labute approximate surface area is 108 Å². The molecule has 0 heterocycles. The second kappa shape index (κ2) is 5.30. The van der Waals surface area contributed by atoms with Crippen molar-refractivity contribution in [2.45, 2.75) is 72.3 Å². The summed E-state index contributed by atoms with van der Waals surface area (Å²) < 4.78 is 0. The Bertz CT molecular complexity index is 242.